The van der Waals surface area contributed by atoms with E-state index in [1.165, 1.54) is 18.4 Å². The third kappa shape index (κ3) is 7.18. The van der Waals surface area contributed by atoms with Gasteiger partial charge in [0.25, 0.3) is 5.91 Å². The van der Waals surface area contributed by atoms with Gasteiger partial charge in [0, 0.05) is 35.5 Å². The van der Waals surface area contributed by atoms with Crippen molar-refractivity contribution in [1.29, 1.82) is 0 Å². The Morgan fingerprint density at radius 2 is 1.87 bits per heavy atom. The molecule has 5 rings (SSSR count). The number of ether oxygens (including phenoxy) is 1. The SMILES string of the molecule is COC(=O)C[C@@H]1N=C(c2ccc(Cl)cc2)c2c(sc(C(=O)NCCCCCC(=O)NC3CCC(=O)NC3=O)c2C)-n2c(C)nnc21. The van der Waals surface area contributed by atoms with Crippen molar-refractivity contribution >= 4 is 58.2 Å². The van der Waals surface area contributed by atoms with E-state index in [0.29, 0.717) is 59.5 Å². The third-order valence-corrected chi connectivity index (χ3v) is 9.38. The van der Waals surface area contributed by atoms with E-state index in [2.05, 4.69) is 26.1 Å². The van der Waals surface area contributed by atoms with Crippen LogP contribution < -0.4 is 16.0 Å². The van der Waals surface area contributed by atoms with Crippen LogP contribution in [0.25, 0.3) is 5.00 Å². The van der Waals surface area contributed by atoms with Crippen LogP contribution in [0.4, 0.5) is 0 Å². The van der Waals surface area contributed by atoms with Crippen LogP contribution in [0, 0.1) is 13.8 Å². The zero-order valence-corrected chi connectivity index (χ0v) is 27.2. The highest BCUT2D eigenvalue weighted by atomic mass is 35.5. The van der Waals surface area contributed by atoms with Gasteiger partial charge in [0.15, 0.2) is 5.82 Å². The molecule has 0 radical (unpaired) electrons. The van der Waals surface area contributed by atoms with Crippen LogP contribution >= 0.6 is 22.9 Å². The molecule has 2 aromatic heterocycles. The van der Waals surface area contributed by atoms with Crippen LogP contribution in [-0.4, -0.2) is 69.8 Å². The zero-order valence-electron chi connectivity index (χ0n) is 25.6. The molecule has 3 aromatic rings. The Morgan fingerprint density at radius 1 is 1.11 bits per heavy atom. The van der Waals surface area contributed by atoms with Crippen LogP contribution in [0.5, 0.6) is 0 Å². The predicted molar refractivity (Wildman–Crippen MR) is 170 cm³/mol. The molecule has 1 unspecified atom stereocenters. The summed E-state index contributed by atoms with van der Waals surface area (Å²) in [5.41, 5.74) is 2.85. The summed E-state index contributed by atoms with van der Waals surface area (Å²) < 4.78 is 6.79. The number of fused-ring (bicyclic) bond motifs is 3. The minimum Gasteiger partial charge on any atom is -0.469 e. The quantitative estimate of drug-likeness (QED) is 0.159. The summed E-state index contributed by atoms with van der Waals surface area (Å²) in [6, 6.07) is 5.87. The number of aliphatic imine (C=N–C) groups is 1. The normalized spacial score (nSPS) is 17.3. The summed E-state index contributed by atoms with van der Waals surface area (Å²) >= 11 is 7.48. The number of hydrogen-bond acceptors (Lipinski definition) is 10. The first-order valence-electron chi connectivity index (χ1n) is 14.9. The third-order valence-electron chi connectivity index (χ3n) is 7.85. The van der Waals surface area contributed by atoms with E-state index in [-0.39, 0.29) is 37.0 Å². The number of imide groups is 1. The van der Waals surface area contributed by atoms with Crippen LogP contribution in [0.1, 0.15) is 89.0 Å². The molecular weight excluding hydrogens is 634 g/mol. The van der Waals surface area contributed by atoms with Gasteiger partial charge in [-0.05, 0) is 50.8 Å². The molecule has 4 amide bonds. The average molecular weight is 668 g/mol. The fraction of sp³-hybridized carbons (Fsp3) is 0.419. The van der Waals surface area contributed by atoms with Gasteiger partial charge in [-0.15, -0.1) is 21.5 Å². The standard InChI is InChI=1S/C31H34ClN7O6S/c1-16-25-26(18-8-10-19(32)11-9-18)35-21(15-24(42)45-3)28-38-37-17(2)39(28)31(25)46-27(16)30(44)33-14-6-4-5-7-22(40)34-20-12-13-23(41)36-29(20)43/h8-11,20-21H,4-7,12-15H2,1-3H3,(H,33,44)(H,34,40)(H,36,41,43)/t20?,21-/m0/s1. The molecule has 1 fully saturated rings. The molecule has 46 heavy (non-hydrogen) atoms. The van der Waals surface area contributed by atoms with Crippen LogP contribution in [0.3, 0.4) is 0 Å². The summed E-state index contributed by atoms with van der Waals surface area (Å²) in [7, 11) is 1.33. The van der Waals surface area contributed by atoms with Gasteiger partial charge >= 0.3 is 5.97 Å². The molecule has 2 aliphatic rings. The van der Waals surface area contributed by atoms with Gasteiger partial charge in [-0.3, -0.25) is 38.8 Å². The molecule has 0 spiro atoms. The monoisotopic (exact) mass is 667 g/mol. The zero-order chi connectivity index (χ0) is 33.0. The molecule has 2 atom stereocenters. The molecule has 0 saturated carbocycles. The smallest absolute Gasteiger partial charge is 0.308 e. The van der Waals surface area contributed by atoms with Crippen molar-refractivity contribution in [2.45, 2.75) is 70.9 Å². The van der Waals surface area contributed by atoms with Crippen molar-refractivity contribution in [2.24, 2.45) is 4.99 Å². The Balaban J connectivity index is 1.28. The van der Waals surface area contributed by atoms with E-state index in [4.69, 9.17) is 21.3 Å². The molecule has 3 N–H and O–H groups in total. The molecule has 1 saturated heterocycles. The first kappa shape index (κ1) is 32.9. The first-order chi connectivity index (χ1) is 22.1. The number of amides is 4. The van der Waals surface area contributed by atoms with Gasteiger partial charge in [0.1, 0.15) is 22.9 Å². The lowest BCUT2D eigenvalue weighted by molar-refractivity contribution is -0.141. The van der Waals surface area contributed by atoms with Gasteiger partial charge in [-0.25, -0.2) is 0 Å². The minimum atomic E-state index is -0.685. The van der Waals surface area contributed by atoms with E-state index in [9.17, 15) is 24.0 Å². The van der Waals surface area contributed by atoms with E-state index in [0.717, 1.165) is 21.7 Å². The number of nitrogens with zero attached hydrogens (tertiary/aromatic N) is 4. The Labute approximate surface area is 274 Å². The molecule has 2 aliphatic heterocycles. The highest BCUT2D eigenvalue weighted by molar-refractivity contribution is 7.17. The molecule has 4 heterocycles. The van der Waals surface area contributed by atoms with Crippen molar-refractivity contribution in [1.82, 2.24) is 30.7 Å². The number of rotatable bonds is 11. The van der Waals surface area contributed by atoms with Crippen molar-refractivity contribution in [3.05, 3.63) is 62.5 Å². The number of aryl methyl sites for hydroxylation is 1. The maximum atomic E-state index is 13.5. The number of aromatic nitrogens is 3. The molecule has 242 valence electrons. The maximum absolute atomic E-state index is 13.5. The minimum absolute atomic E-state index is 0.0361. The number of nitrogens with one attached hydrogen (secondary N) is 3. The molecular formula is C31H34ClN7O6S. The van der Waals surface area contributed by atoms with Crippen molar-refractivity contribution in [3.63, 3.8) is 0 Å². The fourth-order valence-corrected chi connectivity index (χ4v) is 6.85. The number of methoxy groups -OCH3 is 1. The Bertz CT molecular complexity index is 1710. The number of carbonyl (C=O) groups excluding carboxylic acids is 5. The Hall–Kier alpha value is -4.43. The second kappa shape index (κ2) is 14.3. The second-order valence-electron chi connectivity index (χ2n) is 11.1. The lowest BCUT2D eigenvalue weighted by atomic mass is 9.99. The summed E-state index contributed by atoms with van der Waals surface area (Å²) in [6.07, 6.45) is 2.65. The molecule has 15 heteroatoms. The van der Waals surface area contributed by atoms with Crippen LogP contribution in [0.15, 0.2) is 29.3 Å². The van der Waals surface area contributed by atoms with Crippen molar-refractivity contribution in [3.8, 4) is 5.00 Å². The van der Waals surface area contributed by atoms with Gasteiger partial charge in [0.05, 0.1) is 24.1 Å². The molecule has 1 aromatic carbocycles. The first-order valence-corrected chi connectivity index (χ1v) is 16.1. The number of carbonyl (C=O) groups is 5. The number of halogens is 1. The van der Waals surface area contributed by atoms with E-state index in [1.807, 2.05) is 30.5 Å². The van der Waals surface area contributed by atoms with Crippen LogP contribution in [-0.2, 0) is 23.9 Å². The average Bonchev–Trinajstić information content (AvgIpc) is 3.53. The van der Waals surface area contributed by atoms with Gasteiger partial charge in [-0.2, -0.15) is 0 Å². The van der Waals surface area contributed by atoms with E-state index < -0.39 is 24.0 Å². The predicted octanol–water partition coefficient (Wildman–Crippen LogP) is 3.27. The molecule has 0 bridgehead atoms. The number of benzene rings is 1. The highest BCUT2D eigenvalue weighted by Gasteiger charge is 2.34. The lowest BCUT2D eigenvalue weighted by Gasteiger charge is -2.21. The second-order valence-corrected chi connectivity index (χ2v) is 12.5. The van der Waals surface area contributed by atoms with E-state index in [1.54, 1.807) is 12.1 Å². The largest absolute Gasteiger partial charge is 0.469 e. The number of hydrogen-bond donors (Lipinski definition) is 3. The Morgan fingerprint density at radius 3 is 2.59 bits per heavy atom. The maximum Gasteiger partial charge on any atom is 0.308 e. The number of unbranched alkanes of at least 4 members (excludes halogenated alkanes) is 2. The number of piperidine rings is 1. The Kier molecular flexibility index (Phi) is 10.3. The summed E-state index contributed by atoms with van der Waals surface area (Å²) in [6.45, 7) is 4.09. The topological polar surface area (TPSA) is 174 Å². The van der Waals surface area contributed by atoms with Gasteiger partial charge in [-0.1, -0.05) is 30.2 Å². The molecule has 0 aliphatic carbocycles. The van der Waals surface area contributed by atoms with E-state index >= 15 is 0 Å². The van der Waals surface area contributed by atoms with Gasteiger partial charge in [0.2, 0.25) is 17.7 Å². The lowest BCUT2D eigenvalue weighted by Crippen LogP contribution is -2.52. The highest BCUT2D eigenvalue weighted by Crippen LogP contribution is 2.40. The summed E-state index contributed by atoms with van der Waals surface area (Å²) in [4.78, 5) is 66.7. The van der Waals surface area contributed by atoms with Crippen molar-refractivity contribution < 1.29 is 28.7 Å². The van der Waals surface area contributed by atoms with Crippen molar-refractivity contribution in [2.75, 3.05) is 13.7 Å². The van der Waals surface area contributed by atoms with Crippen LogP contribution in [0.2, 0.25) is 5.02 Å². The number of thiophene rings is 1. The van der Waals surface area contributed by atoms with Gasteiger partial charge < -0.3 is 15.4 Å². The fourth-order valence-electron chi connectivity index (χ4n) is 5.45. The summed E-state index contributed by atoms with van der Waals surface area (Å²) in [5, 5.41) is 17.8. The number of esters is 1. The molecule has 13 nitrogen and oxygen atoms in total. The summed E-state index contributed by atoms with van der Waals surface area (Å²) in [5.74, 6) is -0.657.